The number of nitrogens with zero attached hydrogens (tertiary/aromatic N) is 2. The van der Waals surface area contributed by atoms with Crippen LogP contribution in [0.25, 0.3) is 6.08 Å². The standard InChI is InChI=1S/C29H23Cl2N3O5S/c1-38-25-4-2-3-24(16-25)33-29(35)21(17-32)15-26-11-12-27(39-26)19-34(18-20-5-7-22(30)8-6-20)40(36,37)28-13-9-23(31)10-14-28/h2-16H,18-19H2,1H3,(H,33,35)/b21-15-. The summed E-state index contributed by atoms with van der Waals surface area (Å²) in [6, 6.07) is 24.4. The molecule has 4 rings (SSSR count). The van der Waals surface area contributed by atoms with Gasteiger partial charge in [-0.15, -0.1) is 0 Å². The lowest BCUT2D eigenvalue weighted by Crippen LogP contribution is -2.30. The number of sulfonamides is 1. The lowest BCUT2D eigenvalue weighted by Gasteiger charge is -2.21. The zero-order valence-electron chi connectivity index (χ0n) is 21.2. The summed E-state index contributed by atoms with van der Waals surface area (Å²) in [5.41, 5.74) is 0.973. The first-order valence-corrected chi connectivity index (χ1v) is 14.0. The second kappa shape index (κ2) is 12.9. The third-order valence-electron chi connectivity index (χ3n) is 5.72. The quantitative estimate of drug-likeness (QED) is 0.165. The molecule has 1 aromatic heterocycles. The summed E-state index contributed by atoms with van der Waals surface area (Å²) in [5, 5.41) is 13.2. The first-order valence-electron chi connectivity index (χ1n) is 11.8. The Kier molecular flexibility index (Phi) is 9.30. The van der Waals surface area contributed by atoms with E-state index in [1.165, 1.54) is 41.8 Å². The molecule has 0 radical (unpaired) electrons. The zero-order valence-corrected chi connectivity index (χ0v) is 23.5. The minimum absolute atomic E-state index is 0.0421. The van der Waals surface area contributed by atoms with Crippen molar-refractivity contribution >= 4 is 50.9 Å². The van der Waals surface area contributed by atoms with Crippen LogP contribution in [-0.2, 0) is 27.9 Å². The molecule has 1 amide bonds. The summed E-state index contributed by atoms with van der Waals surface area (Å²) in [7, 11) is -2.45. The van der Waals surface area contributed by atoms with Crippen molar-refractivity contribution in [2.75, 3.05) is 12.4 Å². The number of carbonyl (C=O) groups excluding carboxylic acids is 1. The molecule has 0 bridgehead atoms. The van der Waals surface area contributed by atoms with Gasteiger partial charge in [-0.05, 0) is 66.2 Å². The van der Waals surface area contributed by atoms with Gasteiger partial charge in [-0.2, -0.15) is 9.57 Å². The van der Waals surface area contributed by atoms with Crippen LogP contribution in [0.4, 0.5) is 5.69 Å². The molecule has 8 nitrogen and oxygen atoms in total. The minimum atomic E-state index is -3.96. The molecular weight excluding hydrogens is 573 g/mol. The zero-order chi connectivity index (χ0) is 28.7. The maximum atomic E-state index is 13.6. The monoisotopic (exact) mass is 595 g/mol. The number of rotatable bonds is 10. The van der Waals surface area contributed by atoms with Crippen molar-refractivity contribution in [1.29, 1.82) is 5.26 Å². The number of methoxy groups -OCH3 is 1. The second-order valence-corrected chi connectivity index (χ2v) is 11.3. The predicted octanol–water partition coefficient (Wildman–Crippen LogP) is 6.53. The van der Waals surface area contributed by atoms with Gasteiger partial charge in [-0.1, -0.05) is 41.4 Å². The molecule has 0 saturated carbocycles. The highest BCUT2D eigenvalue weighted by molar-refractivity contribution is 7.89. The Labute approximate surface area is 242 Å². The van der Waals surface area contributed by atoms with Gasteiger partial charge in [-0.25, -0.2) is 8.42 Å². The highest BCUT2D eigenvalue weighted by Gasteiger charge is 2.26. The Morgan fingerprint density at radius 3 is 2.33 bits per heavy atom. The van der Waals surface area contributed by atoms with Gasteiger partial charge >= 0.3 is 0 Å². The second-order valence-electron chi connectivity index (χ2n) is 8.51. The van der Waals surface area contributed by atoms with Crippen LogP contribution in [-0.4, -0.2) is 25.7 Å². The molecule has 0 saturated heterocycles. The van der Waals surface area contributed by atoms with Crippen molar-refractivity contribution in [3.63, 3.8) is 0 Å². The SMILES string of the molecule is COc1cccc(NC(=O)/C(C#N)=C\c2ccc(CN(Cc3ccc(Cl)cc3)S(=O)(=O)c3ccc(Cl)cc3)o2)c1. The van der Waals surface area contributed by atoms with Gasteiger partial charge in [0.1, 0.15) is 28.9 Å². The van der Waals surface area contributed by atoms with E-state index in [2.05, 4.69) is 5.32 Å². The topological polar surface area (TPSA) is 113 Å². The van der Waals surface area contributed by atoms with Crippen molar-refractivity contribution in [3.05, 3.63) is 118 Å². The van der Waals surface area contributed by atoms with Gasteiger partial charge in [0, 0.05) is 34.4 Å². The third-order valence-corrected chi connectivity index (χ3v) is 8.03. The molecule has 0 spiro atoms. The van der Waals surface area contributed by atoms with E-state index in [0.717, 1.165) is 5.56 Å². The molecule has 1 N–H and O–H groups in total. The van der Waals surface area contributed by atoms with Gasteiger partial charge < -0.3 is 14.5 Å². The fourth-order valence-corrected chi connectivity index (χ4v) is 5.34. The van der Waals surface area contributed by atoms with E-state index in [0.29, 0.717) is 27.2 Å². The molecule has 40 heavy (non-hydrogen) atoms. The number of nitriles is 1. The normalized spacial score (nSPS) is 11.7. The number of amides is 1. The van der Waals surface area contributed by atoms with E-state index in [1.807, 2.05) is 6.07 Å². The number of carbonyl (C=O) groups is 1. The van der Waals surface area contributed by atoms with Gasteiger partial charge in [0.05, 0.1) is 18.6 Å². The third kappa shape index (κ3) is 7.31. The molecule has 0 atom stereocenters. The average Bonchev–Trinajstić information content (AvgIpc) is 3.39. The van der Waals surface area contributed by atoms with Crippen molar-refractivity contribution in [3.8, 4) is 11.8 Å². The molecule has 11 heteroatoms. The molecule has 0 aliphatic heterocycles. The van der Waals surface area contributed by atoms with Gasteiger partial charge in [-0.3, -0.25) is 4.79 Å². The van der Waals surface area contributed by atoms with Gasteiger partial charge in [0.15, 0.2) is 0 Å². The molecule has 3 aromatic carbocycles. The van der Waals surface area contributed by atoms with Crippen LogP contribution in [0.1, 0.15) is 17.1 Å². The van der Waals surface area contributed by atoms with Crippen LogP contribution < -0.4 is 10.1 Å². The Balaban J connectivity index is 1.57. The molecule has 0 aliphatic rings. The Hall–Kier alpha value is -4.07. The summed E-state index contributed by atoms with van der Waals surface area (Å²) >= 11 is 11.9. The fourth-order valence-electron chi connectivity index (χ4n) is 3.70. The maximum absolute atomic E-state index is 13.6. The number of hydrogen-bond acceptors (Lipinski definition) is 6. The summed E-state index contributed by atoms with van der Waals surface area (Å²) in [4.78, 5) is 12.7. The fraction of sp³-hybridized carbons (Fsp3) is 0.103. The molecular formula is C29H23Cl2N3O5S. The average molecular weight is 596 g/mol. The molecule has 0 aliphatic carbocycles. The molecule has 204 valence electrons. The largest absolute Gasteiger partial charge is 0.497 e. The number of anilines is 1. The Morgan fingerprint density at radius 2 is 1.68 bits per heavy atom. The van der Waals surface area contributed by atoms with Crippen LogP contribution in [0, 0.1) is 11.3 Å². The lowest BCUT2D eigenvalue weighted by atomic mass is 10.2. The van der Waals surface area contributed by atoms with E-state index in [9.17, 15) is 18.5 Å². The number of nitrogens with one attached hydrogen (secondary N) is 1. The highest BCUT2D eigenvalue weighted by Crippen LogP contribution is 2.25. The van der Waals surface area contributed by atoms with E-state index < -0.39 is 15.9 Å². The first kappa shape index (κ1) is 28.9. The number of benzene rings is 3. The van der Waals surface area contributed by atoms with Crippen molar-refractivity contribution < 1.29 is 22.4 Å². The van der Waals surface area contributed by atoms with Gasteiger partial charge in [0.25, 0.3) is 5.91 Å². The van der Waals surface area contributed by atoms with Crippen LogP contribution in [0.15, 0.2) is 99.8 Å². The van der Waals surface area contributed by atoms with E-state index >= 15 is 0 Å². The van der Waals surface area contributed by atoms with Gasteiger partial charge in [0.2, 0.25) is 10.0 Å². The van der Waals surface area contributed by atoms with Crippen molar-refractivity contribution in [2.45, 2.75) is 18.0 Å². The Bertz CT molecular complexity index is 1680. The maximum Gasteiger partial charge on any atom is 0.266 e. The smallest absolute Gasteiger partial charge is 0.266 e. The Morgan fingerprint density at radius 1 is 1.00 bits per heavy atom. The van der Waals surface area contributed by atoms with Crippen LogP contribution in [0.2, 0.25) is 10.0 Å². The van der Waals surface area contributed by atoms with Crippen molar-refractivity contribution in [2.24, 2.45) is 0 Å². The van der Waals surface area contributed by atoms with Crippen LogP contribution >= 0.6 is 23.2 Å². The van der Waals surface area contributed by atoms with Crippen molar-refractivity contribution in [1.82, 2.24) is 4.31 Å². The summed E-state index contributed by atoms with van der Waals surface area (Å²) in [6.07, 6.45) is 1.29. The molecule has 1 heterocycles. The number of furan rings is 1. The number of hydrogen-bond donors (Lipinski definition) is 1. The highest BCUT2D eigenvalue weighted by atomic mass is 35.5. The summed E-state index contributed by atoms with van der Waals surface area (Å²) in [5.74, 6) is 0.432. The van der Waals surface area contributed by atoms with E-state index in [-0.39, 0.29) is 29.3 Å². The number of halogens is 2. The molecule has 4 aromatic rings. The van der Waals surface area contributed by atoms with E-state index in [4.69, 9.17) is 32.4 Å². The molecule has 0 fully saturated rings. The first-order chi connectivity index (χ1) is 19.2. The van der Waals surface area contributed by atoms with E-state index in [1.54, 1.807) is 60.7 Å². The van der Waals surface area contributed by atoms with Crippen LogP contribution in [0.3, 0.4) is 0 Å². The predicted molar refractivity (Wildman–Crippen MR) is 153 cm³/mol. The summed E-state index contributed by atoms with van der Waals surface area (Å²) < 4.78 is 39.3. The number of ether oxygens (including phenoxy) is 1. The minimum Gasteiger partial charge on any atom is -0.497 e. The van der Waals surface area contributed by atoms with Crippen LogP contribution in [0.5, 0.6) is 5.75 Å². The lowest BCUT2D eigenvalue weighted by molar-refractivity contribution is -0.112. The summed E-state index contributed by atoms with van der Waals surface area (Å²) in [6.45, 7) is -0.0697. The molecule has 0 unspecified atom stereocenters.